The first-order chi connectivity index (χ1) is 15.1. The van der Waals surface area contributed by atoms with E-state index in [4.69, 9.17) is 4.98 Å². The highest BCUT2D eigenvalue weighted by molar-refractivity contribution is 5.57. The van der Waals surface area contributed by atoms with E-state index in [2.05, 4.69) is 61.0 Å². The second kappa shape index (κ2) is 7.94. The van der Waals surface area contributed by atoms with E-state index in [1.807, 2.05) is 30.5 Å². The molecule has 3 aromatic heterocycles. The third-order valence-electron chi connectivity index (χ3n) is 5.76. The van der Waals surface area contributed by atoms with Crippen LogP contribution in [0.25, 0.3) is 5.78 Å². The summed E-state index contributed by atoms with van der Waals surface area (Å²) in [5.74, 6) is 2.55. The first-order valence-corrected chi connectivity index (χ1v) is 10.6. The molecule has 5 rings (SSSR count). The predicted molar refractivity (Wildman–Crippen MR) is 121 cm³/mol. The van der Waals surface area contributed by atoms with Crippen LogP contribution in [-0.2, 0) is 6.42 Å². The SMILES string of the molecule is Cc1cc(C)nc(N2CCN(c3c(Cc4ccccc4)c(C)nc4ncnn34)CC2)n1. The Morgan fingerprint density at radius 3 is 2.23 bits per heavy atom. The molecule has 0 atom stereocenters. The van der Waals surface area contributed by atoms with E-state index in [0.717, 1.165) is 61.4 Å². The summed E-state index contributed by atoms with van der Waals surface area (Å²) in [7, 11) is 0. The van der Waals surface area contributed by atoms with Crippen LogP contribution in [0.1, 0.15) is 28.2 Å². The standard InChI is InChI=1S/C23H26N8/c1-16-13-17(2)27-23(26-16)30-11-9-29(10-12-30)21-20(14-19-7-5-4-6-8-19)18(3)28-22-24-15-25-31(21)22/h4-8,13,15H,9-12,14H2,1-3H3. The van der Waals surface area contributed by atoms with E-state index in [-0.39, 0.29) is 0 Å². The summed E-state index contributed by atoms with van der Waals surface area (Å²) in [4.78, 5) is 23.0. The molecule has 31 heavy (non-hydrogen) atoms. The van der Waals surface area contributed by atoms with Gasteiger partial charge in [0.25, 0.3) is 5.78 Å². The highest BCUT2D eigenvalue weighted by atomic mass is 15.4. The Balaban J connectivity index is 1.47. The van der Waals surface area contributed by atoms with E-state index in [0.29, 0.717) is 5.78 Å². The van der Waals surface area contributed by atoms with Crippen LogP contribution in [0.15, 0.2) is 42.7 Å². The Kier molecular flexibility index (Phi) is 4.97. The van der Waals surface area contributed by atoms with E-state index >= 15 is 0 Å². The molecule has 0 aliphatic carbocycles. The van der Waals surface area contributed by atoms with Crippen molar-refractivity contribution in [2.75, 3.05) is 36.0 Å². The zero-order chi connectivity index (χ0) is 21.4. The van der Waals surface area contributed by atoms with Gasteiger partial charge in [0.05, 0.1) is 0 Å². The number of piperazine rings is 1. The third-order valence-corrected chi connectivity index (χ3v) is 5.76. The normalized spacial score (nSPS) is 14.4. The Morgan fingerprint density at radius 2 is 1.52 bits per heavy atom. The predicted octanol–water partition coefficient (Wildman–Crippen LogP) is 2.76. The van der Waals surface area contributed by atoms with Crippen molar-refractivity contribution in [3.8, 4) is 0 Å². The maximum absolute atomic E-state index is 4.70. The molecule has 0 N–H and O–H groups in total. The van der Waals surface area contributed by atoms with Gasteiger partial charge in [-0.3, -0.25) is 0 Å². The van der Waals surface area contributed by atoms with Crippen molar-refractivity contribution < 1.29 is 0 Å². The number of hydrogen-bond donors (Lipinski definition) is 0. The maximum atomic E-state index is 4.70. The van der Waals surface area contributed by atoms with Gasteiger partial charge >= 0.3 is 0 Å². The number of hydrogen-bond acceptors (Lipinski definition) is 7. The lowest BCUT2D eigenvalue weighted by Crippen LogP contribution is -2.48. The molecule has 1 aliphatic heterocycles. The third kappa shape index (κ3) is 3.81. The lowest BCUT2D eigenvalue weighted by atomic mass is 10.0. The minimum atomic E-state index is 0.643. The van der Waals surface area contributed by atoms with Gasteiger partial charge in [0, 0.05) is 55.2 Å². The topological polar surface area (TPSA) is 75.3 Å². The number of anilines is 2. The van der Waals surface area contributed by atoms with Gasteiger partial charge in [0.2, 0.25) is 5.95 Å². The van der Waals surface area contributed by atoms with Crippen LogP contribution in [0.5, 0.6) is 0 Å². The second-order valence-electron chi connectivity index (χ2n) is 8.06. The van der Waals surface area contributed by atoms with Crippen LogP contribution < -0.4 is 9.80 Å². The molecule has 8 nitrogen and oxygen atoms in total. The Hall–Kier alpha value is -3.55. The Bertz CT molecular complexity index is 1190. The molecule has 1 aliphatic rings. The molecule has 8 heteroatoms. The molecule has 0 spiro atoms. The highest BCUT2D eigenvalue weighted by Gasteiger charge is 2.25. The minimum Gasteiger partial charge on any atom is -0.353 e. The summed E-state index contributed by atoms with van der Waals surface area (Å²) in [6.07, 6.45) is 2.39. The largest absolute Gasteiger partial charge is 0.353 e. The number of rotatable bonds is 4. The van der Waals surface area contributed by atoms with Crippen LogP contribution in [-0.4, -0.2) is 55.7 Å². The molecular weight excluding hydrogens is 388 g/mol. The molecule has 4 aromatic rings. The monoisotopic (exact) mass is 414 g/mol. The zero-order valence-corrected chi connectivity index (χ0v) is 18.2. The summed E-state index contributed by atoms with van der Waals surface area (Å²) < 4.78 is 1.88. The summed E-state index contributed by atoms with van der Waals surface area (Å²) in [5, 5.41) is 4.50. The number of nitrogens with zero attached hydrogens (tertiary/aromatic N) is 8. The van der Waals surface area contributed by atoms with Gasteiger partial charge in [-0.1, -0.05) is 30.3 Å². The van der Waals surface area contributed by atoms with Crippen molar-refractivity contribution in [1.29, 1.82) is 0 Å². The Morgan fingerprint density at radius 1 is 0.839 bits per heavy atom. The fraction of sp³-hybridized carbons (Fsp3) is 0.348. The van der Waals surface area contributed by atoms with E-state index in [1.54, 1.807) is 6.33 Å². The quantitative estimate of drug-likeness (QED) is 0.508. The fourth-order valence-electron chi connectivity index (χ4n) is 4.27. The van der Waals surface area contributed by atoms with Gasteiger partial charge in [0.15, 0.2) is 0 Å². The van der Waals surface area contributed by atoms with Gasteiger partial charge in [0.1, 0.15) is 12.1 Å². The lowest BCUT2D eigenvalue weighted by Gasteiger charge is -2.37. The van der Waals surface area contributed by atoms with E-state index in [1.165, 1.54) is 11.1 Å². The molecule has 0 amide bonds. The average molecular weight is 415 g/mol. The number of aromatic nitrogens is 6. The van der Waals surface area contributed by atoms with Crippen molar-refractivity contribution in [1.82, 2.24) is 29.5 Å². The zero-order valence-electron chi connectivity index (χ0n) is 18.2. The van der Waals surface area contributed by atoms with Crippen LogP contribution >= 0.6 is 0 Å². The number of aryl methyl sites for hydroxylation is 3. The van der Waals surface area contributed by atoms with Gasteiger partial charge in [-0.05, 0) is 32.4 Å². The van der Waals surface area contributed by atoms with Crippen LogP contribution in [0.4, 0.5) is 11.8 Å². The van der Waals surface area contributed by atoms with E-state index in [9.17, 15) is 0 Å². The highest BCUT2D eigenvalue weighted by Crippen LogP contribution is 2.27. The minimum absolute atomic E-state index is 0.643. The number of benzene rings is 1. The molecule has 0 bridgehead atoms. The molecule has 0 radical (unpaired) electrons. The summed E-state index contributed by atoms with van der Waals surface area (Å²) >= 11 is 0. The smallest absolute Gasteiger partial charge is 0.254 e. The molecular formula is C23H26N8. The van der Waals surface area contributed by atoms with Gasteiger partial charge < -0.3 is 9.80 Å². The molecule has 4 heterocycles. The fourth-order valence-corrected chi connectivity index (χ4v) is 4.27. The van der Waals surface area contributed by atoms with Gasteiger partial charge in [-0.25, -0.2) is 15.0 Å². The first-order valence-electron chi connectivity index (χ1n) is 10.6. The summed E-state index contributed by atoms with van der Waals surface area (Å²) in [6.45, 7) is 9.52. The average Bonchev–Trinajstić information content (AvgIpc) is 3.22. The van der Waals surface area contributed by atoms with E-state index < -0.39 is 0 Å². The van der Waals surface area contributed by atoms with Crippen LogP contribution in [0, 0.1) is 20.8 Å². The van der Waals surface area contributed by atoms with Crippen molar-refractivity contribution in [3.63, 3.8) is 0 Å². The molecule has 1 saturated heterocycles. The molecule has 0 saturated carbocycles. The van der Waals surface area contributed by atoms with Crippen molar-refractivity contribution in [2.24, 2.45) is 0 Å². The Labute approximate surface area is 181 Å². The first kappa shape index (κ1) is 19.4. The molecule has 158 valence electrons. The van der Waals surface area contributed by atoms with Crippen molar-refractivity contribution in [3.05, 3.63) is 70.9 Å². The van der Waals surface area contributed by atoms with Crippen LogP contribution in [0.3, 0.4) is 0 Å². The maximum Gasteiger partial charge on any atom is 0.254 e. The molecule has 1 fully saturated rings. The number of fused-ring (bicyclic) bond motifs is 1. The summed E-state index contributed by atoms with van der Waals surface area (Å²) in [6, 6.07) is 12.5. The molecule has 1 aromatic carbocycles. The molecule has 0 unspecified atom stereocenters. The second-order valence-corrected chi connectivity index (χ2v) is 8.06. The van der Waals surface area contributed by atoms with Gasteiger partial charge in [-0.2, -0.15) is 14.6 Å². The van der Waals surface area contributed by atoms with Crippen molar-refractivity contribution in [2.45, 2.75) is 27.2 Å². The van der Waals surface area contributed by atoms with Crippen LogP contribution in [0.2, 0.25) is 0 Å². The van der Waals surface area contributed by atoms with Crippen molar-refractivity contribution >= 4 is 17.5 Å². The summed E-state index contributed by atoms with van der Waals surface area (Å²) in [5.41, 5.74) is 5.46. The lowest BCUT2D eigenvalue weighted by molar-refractivity contribution is 0.622. The van der Waals surface area contributed by atoms with Gasteiger partial charge in [-0.15, -0.1) is 0 Å².